The molecule has 0 saturated carbocycles. The van der Waals surface area contributed by atoms with Crippen molar-refractivity contribution in [2.45, 2.75) is 39.2 Å². The summed E-state index contributed by atoms with van der Waals surface area (Å²) in [5.74, 6) is 0.246. The van der Waals surface area contributed by atoms with Crippen LogP contribution in [0.1, 0.15) is 33.1 Å². The molecule has 0 aromatic heterocycles. The number of hydrogen-bond donors (Lipinski definition) is 3. The van der Waals surface area contributed by atoms with Crippen molar-refractivity contribution in [2.75, 3.05) is 19.6 Å². The van der Waals surface area contributed by atoms with Crippen molar-refractivity contribution in [1.29, 1.82) is 0 Å². The molecule has 2 unspecified atom stereocenters. The average Bonchev–Trinajstić information content (AvgIpc) is 2.36. The Bertz CT molecular complexity index is 296. The van der Waals surface area contributed by atoms with Crippen LogP contribution in [0.25, 0.3) is 0 Å². The first-order chi connectivity index (χ1) is 8.56. The Morgan fingerprint density at radius 2 is 2.11 bits per heavy atom. The van der Waals surface area contributed by atoms with Gasteiger partial charge in [0.25, 0.3) is 5.91 Å². The number of nitrogens with zero attached hydrogens (tertiary/aromatic N) is 1. The second kappa shape index (κ2) is 7.33. The molecule has 0 aromatic rings. The molecule has 0 radical (unpaired) electrons. The highest BCUT2D eigenvalue weighted by Crippen LogP contribution is 2.24. The molecule has 1 rings (SSSR count). The quantitative estimate of drug-likeness (QED) is 0.597. The first-order valence-electron chi connectivity index (χ1n) is 6.56. The van der Waals surface area contributed by atoms with Crippen LogP contribution in [0, 0.1) is 5.92 Å². The van der Waals surface area contributed by atoms with Gasteiger partial charge in [-0.2, -0.15) is 0 Å². The lowest BCUT2D eigenvalue weighted by molar-refractivity contribution is -0.129. The molecular formula is C12H24N4O2. The van der Waals surface area contributed by atoms with E-state index in [1.165, 1.54) is 13.3 Å². The van der Waals surface area contributed by atoms with Crippen LogP contribution in [0.2, 0.25) is 0 Å². The third kappa shape index (κ3) is 4.62. The van der Waals surface area contributed by atoms with Crippen molar-refractivity contribution in [3.8, 4) is 0 Å². The Balaban J connectivity index is 2.40. The molecule has 2 amide bonds. The summed E-state index contributed by atoms with van der Waals surface area (Å²) < 4.78 is 0. The van der Waals surface area contributed by atoms with Gasteiger partial charge in [-0.05, 0) is 25.3 Å². The van der Waals surface area contributed by atoms with E-state index in [0.717, 1.165) is 19.4 Å². The Labute approximate surface area is 108 Å². The maximum Gasteiger partial charge on any atom is 0.252 e. The zero-order valence-electron chi connectivity index (χ0n) is 11.2. The maximum absolute atomic E-state index is 11.6. The van der Waals surface area contributed by atoms with Crippen LogP contribution in [-0.2, 0) is 9.59 Å². The third-order valence-corrected chi connectivity index (χ3v) is 3.52. The highest BCUT2D eigenvalue weighted by molar-refractivity contribution is 5.81. The van der Waals surface area contributed by atoms with Crippen LogP contribution in [0.15, 0.2) is 0 Å². The standard InChI is InChI=1S/C12H24N4O2/c1-3-10-4-5-16(11(6-10)7-13)8-12(18)15-14-9(2)17/h10-11H,3-8,13H2,1-2H3,(H,14,17)(H,15,18). The summed E-state index contributed by atoms with van der Waals surface area (Å²) in [6.45, 7) is 5.31. The molecule has 0 aliphatic carbocycles. The van der Waals surface area contributed by atoms with E-state index in [2.05, 4.69) is 22.7 Å². The maximum atomic E-state index is 11.6. The molecule has 4 N–H and O–H groups in total. The first kappa shape index (κ1) is 14.9. The van der Waals surface area contributed by atoms with E-state index in [1.807, 2.05) is 0 Å². The minimum Gasteiger partial charge on any atom is -0.329 e. The van der Waals surface area contributed by atoms with Gasteiger partial charge in [-0.1, -0.05) is 13.3 Å². The smallest absolute Gasteiger partial charge is 0.252 e. The number of carbonyl (C=O) groups is 2. The fourth-order valence-corrected chi connectivity index (χ4v) is 2.39. The minimum absolute atomic E-state index is 0.196. The van der Waals surface area contributed by atoms with Gasteiger partial charge in [-0.15, -0.1) is 0 Å². The van der Waals surface area contributed by atoms with E-state index >= 15 is 0 Å². The first-order valence-corrected chi connectivity index (χ1v) is 6.56. The monoisotopic (exact) mass is 256 g/mol. The molecule has 1 fully saturated rings. The number of nitrogens with two attached hydrogens (primary N) is 1. The van der Waals surface area contributed by atoms with Gasteiger partial charge in [0.2, 0.25) is 5.91 Å². The summed E-state index contributed by atoms with van der Waals surface area (Å²) >= 11 is 0. The van der Waals surface area contributed by atoms with Crippen LogP contribution in [-0.4, -0.2) is 42.4 Å². The molecule has 2 atom stereocenters. The molecule has 1 aliphatic rings. The number of carbonyl (C=O) groups excluding carboxylic acids is 2. The van der Waals surface area contributed by atoms with Crippen LogP contribution in [0.4, 0.5) is 0 Å². The van der Waals surface area contributed by atoms with E-state index < -0.39 is 0 Å². The molecule has 0 aromatic carbocycles. The van der Waals surface area contributed by atoms with E-state index in [0.29, 0.717) is 19.0 Å². The minimum atomic E-state index is -0.275. The summed E-state index contributed by atoms with van der Waals surface area (Å²) in [5.41, 5.74) is 10.4. The normalized spacial score (nSPS) is 24.6. The zero-order valence-corrected chi connectivity index (χ0v) is 11.2. The Morgan fingerprint density at radius 1 is 1.39 bits per heavy atom. The largest absolute Gasteiger partial charge is 0.329 e. The lowest BCUT2D eigenvalue weighted by Crippen LogP contribution is -2.52. The van der Waals surface area contributed by atoms with Crippen LogP contribution in [0.5, 0.6) is 0 Å². The highest BCUT2D eigenvalue weighted by Gasteiger charge is 2.27. The van der Waals surface area contributed by atoms with Gasteiger partial charge in [0.15, 0.2) is 0 Å². The van der Waals surface area contributed by atoms with Gasteiger partial charge >= 0.3 is 0 Å². The molecule has 0 bridgehead atoms. The van der Waals surface area contributed by atoms with Crippen molar-refractivity contribution in [3.05, 3.63) is 0 Å². The SMILES string of the molecule is CCC1CCN(CC(=O)NNC(C)=O)C(CN)C1. The molecule has 6 heteroatoms. The van der Waals surface area contributed by atoms with Gasteiger partial charge in [0.05, 0.1) is 6.54 Å². The predicted molar refractivity (Wildman–Crippen MR) is 69.4 cm³/mol. The van der Waals surface area contributed by atoms with E-state index in [-0.39, 0.29) is 17.9 Å². The van der Waals surface area contributed by atoms with Crippen molar-refractivity contribution < 1.29 is 9.59 Å². The number of hydrogen-bond acceptors (Lipinski definition) is 4. The number of likely N-dealkylation sites (tertiary alicyclic amines) is 1. The summed E-state index contributed by atoms with van der Waals surface area (Å²) in [7, 11) is 0. The fourth-order valence-electron chi connectivity index (χ4n) is 2.39. The summed E-state index contributed by atoms with van der Waals surface area (Å²) in [4.78, 5) is 24.4. The van der Waals surface area contributed by atoms with Gasteiger partial charge < -0.3 is 5.73 Å². The van der Waals surface area contributed by atoms with Crippen molar-refractivity contribution in [1.82, 2.24) is 15.8 Å². The molecule has 104 valence electrons. The second-order valence-electron chi connectivity index (χ2n) is 4.89. The Kier molecular flexibility index (Phi) is 6.07. The highest BCUT2D eigenvalue weighted by atomic mass is 16.2. The number of piperidine rings is 1. The molecule has 18 heavy (non-hydrogen) atoms. The average molecular weight is 256 g/mol. The van der Waals surface area contributed by atoms with Crippen molar-refractivity contribution >= 4 is 11.8 Å². The van der Waals surface area contributed by atoms with Gasteiger partial charge in [0, 0.05) is 19.5 Å². The van der Waals surface area contributed by atoms with E-state index in [4.69, 9.17) is 5.73 Å². The third-order valence-electron chi connectivity index (χ3n) is 3.52. The Morgan fingerprint density at radius 3 is 2.67 bits per heavy atom. The van der Waals surface area contributed by atoms with Crippen molar-refractivity contribution in [2.24, 2.45) is 11.7 Å². The number of amides is 2. The van der Waals surface area contributed by atoms with Crippen molar-refractivity contribution in [3.63, 3.8) is 0 Å². The molecule has 0 spiro atoms. The number of rotatable bonds is 4. The van der Waals surface area contributed by atoms with E-state index in [9.17, 15) is 9.59 Å². The topological polar surface area (TPSA) is 87.5 Å². The van der Waals surface area contributed by atoms with E-state index in [1.54, 1.807) is 0 Å². The lowest BCUT2D eigenvalue weighted by Gasteiger charge is -2.38. The zero-order chi connectivity index (χ0) is 13.5. The van der Waals surface area contributed by atoms with Gasteiger partial charge in [0.1, 0.15) is 0 Å². The summed E-state index contributed by atoms with van der Waals surface area (Å²) in [5, 5.41) is 0. The summed E-state index contributed by atoms with van der Waals surface area (Å²) in [6.07, 6.45) is 3.34. The predicted octanol–water partition coefficient (Wildman–Crippen LogP) is -0.397. The second-order valence-corrected chi connectivity index (χ2v) is 4.89. The number of nitrogens with one attached hydrogen (secondary N) is 2. The van der Waals surface area contributed by atoms with Crippen LogP contribution in [0.3, 0.4) is 0 Å². The Hall–Kier alpha value is -1.14. The lowest BCUT2D eigenvalue weighted by atomic mass is 9.89. The molecule has 1 aliphatic heterocycles. The van der Waals surface area contributed by atoms with Gasteiger partial charge in [-0.25, -0.2) is 0 Å². The molecular weight excluding hydrogens is 232 g/mol. The molecule has 1 saturated heterocycles. The van der Waals surface area contributed by atoms with Gasteiger partial charge in [-0.3, -0.25) is 25.3 Å². The van der Waals surface area contributed by atoms with Crippen LogP contribution < -0.4 is 16.6 Å². The molecule has 6 nitrogen and oxygen atoms in total. The fraction of sp³-hybridized carbons (Fsp3) is 0.833. The molecule has 1 heterocycles. The number of hydrazine groups is 1. The summed E-state index contributed by atoms with van der Waals surface area (Å²) in [6, 6.07) is 0.270. The van der Waals surface area contributed by atoms with Crippen LogP contribution >= 0.6 is 0 Å².